The van der Waals surface area contributed by atoms with Crippen molar-refractivity contribution < 1.29 is 28.5 Å². The lowest BCUT2D eigenvalue weighted by Gasteiger charge is -2.36. The van der Waals surface area contributed by atoms with Crippen LogP contribution in [0, 0.1) is 13.8 Å². The molecule has 1 amide bonds. The van der Waals surface area contributed by atoms with E-state index in [-0.39, 0.29) is 5.91 Å². The fraction of sp³-hybridized carbons (Fsp3) is 0.650. The van der Waals surface area contributed by atoms with E-state index < -0.39 is 42.3 Å². The highest BCUT2D eigenvalue weighted by atomic mass is 16.9. The average Bonchev–Trinajstić information content (AvgIpc) is 3.04. The Kier molecular flexibility index (Phi) is 4.36. The molecule has 3 heterocycles. The lowest BCUT2D eigenvalue weighted by molar-refractivity contribution is -0.229. The number of amides is 1. The third-order valence-corrected chi connectivity index (χ3v) is 5.06. The Labute approximate surface area is 159 Å². The number of carbonyl (C=O) groups is 1. The first-order valence-corrected chi connectivity index (χ1v) is 9.29. The van der Waals surface area contributed by atoms with E-state index in [2.05, 4.69) is 5.32 Å². The van der Waals surface area contributed by atoms with Crippen LogP contribution in [0.5, 0.6) is 0 Å². The van der Waals surface area contributed by atoms with Crippen LogP contribution in [0.2, 0.25) is 0 Å². The quantitative estimate of drug-likeness (QED) is 0.854. The number of rotatable bonds is 2. The van der Waals surface area contributed by atoms with Gasteiger partial charge in [0.1, 0.15) is 18.3 Å². The second-order valence-corrected chi connectivity index (χ2v) is 8.40. The molecule has 148 valence electrons. The molecule has 0 bridgehead atoms. The van der Waals surface area contributed by atoms with Crippen molar-refractivity contribution in [2.24, 2.45) is 0 Å². The Hall–Kier alpha value is -1.51. The highest BCUT2D eigenvalue weighted by Gasteiger charge is 2.62. The van der Waals surface area contributed by atoms with Crippen molar-refractivity contribution in [3.8, 4) is 0 Å². The SMILES string of the molecule is Cc1ccc(C)c(NC(=O)[C@@H]2O[C@@H]3OC(C)(C)O[C@@H]3[C@H]3OC(C)(C)O[C@@H]32)c1. The molecule has 27 heavy (non-hydrogen) atoms. The molecule has 4 rings (SSSR count). The standard InChI is InChI=1S/C20H27NO6/c1-10-7-8-11(2)12(9-10)21-17(22)15-13-14(25-19(3,4)24-13)16-18(23-15)27-20(5,6)26-16/h7-9,13-16,18H,1-6H3,(H,21,22)/t13-,14-,15+,16+,18+/m0/s1. The van der Waals surface area contributed by atoms with Gasteiger partial charge in [-0.3, -0.25) is 4.79 Å². The van der Waals surface area contributed by atoms with Gasteiger partial charge >= 0.3 is 0 Å². The Morgan fingerprint density at radius 3 is 2.30 bits per heavy atom. The maximum absolute atomic E-state index is 13.1. The molecule has 7 nitrogen and oxygen atoms in total. The fourth-order valence-electron chi connectivity index (χ4n) is 3.90. The summed E-state index contributed by atoms with van der Waals surface area (Å²) in [7, 11) is 0. The molecular weight excluding hydrogens is 350 g/mol. The second kappa shape index (κ2) is 6.25. The summed E-state index contributed by atoms with van der Waals surface area (Å²) < 4.78 is 29.8. The summed E-state index contributed by atoms with van der Waals surface area (Å²) >= 11 is 0. The van der Waals surface area contributed by atoms with Gasteiger partial charge in [-0.1, -0.05) is 12.1 Å². The first-order chi connectivity index (χ1) is 12.5. The molecule has 5 atom stereocenters. The number of benzene rings is 1. The van der Waals surface area contributed by atoms with Crippen molar-refractivity contribution in [1.82, 2.24) is 0 Å². The summed E-state index contributed by atoms with van der Waals surface area (Å²) in [5, 5.41) is 2.97. The van der Waals surface area contributed by atoms with Crippen LogP contribution in [0.25, 0.3) is 0 Å². The van der Waals surface area contributed by atoms with E-state index in [1.807, 2.05) is 59.7 Å². The van der Waals surface area contributed by atoms with E-state index in [4.69, 9.17) is 23.7 Å². The summed E-state index contributed by atoms with van der Waals surface area (Å²) in [5.41, 5.74) is 2.79. The summed E-state index contributed by atoms with van der Waals surface area (Å²) in [6.07, 6.45) is -3.03. The third-order valence-electron chi connectivity index (χ3n) is 5.06. The van der Waals surface area contributed by atoms with Crippen LogP contribution in [0.4, 0.5) is 5.69 Å². The van der Waals surface area contributed by atoms with Gasteiger partial charge in [0.25, 0.3) is 5.91 Å². The maximum Gasteiger partial charge on any atom is 0.256 e. The normalized spacial score (nSPS) is 36.1. The minimum Gasteiger partial charge on any atom is -0.342 e. The molecule has 1 N–H and O–H groups in total. The zero-order valence-corrected chi connectivity index (χ0v) is 16.6. The van der Waals surface area contributed by atoms with Gasteiger partial charge in [-0.05, 0) is 58.7 Å². The number of hydrogen-bond acceptors (Lipinski definition) is 6. The molecule has 0 aromatic heterocycles. The second-order valence-electron chi connectivity index (χ2n) is 8.40. The highest BCUT2D eigenvalue weighted by Crippen LogP contribution is 2.44. The van der Waals surface area contributed by atoms with Crippen LogP contribution in [-0.2, 0) is 28.5 Å². The van der Waals surface area contributed by atoms with Gasteiger partial charge in [-0.25, -0.2) is 0 Å². The van der Waals surface area contributed by atoms with Gasteiger partial charge in [0, 0.05) is 5.69 Å². The molecule has 0 saturated carbocycles. The monoisotopic (exact) mass is 377 g/mol. The zero-order valence-electron chi connectivity index (χ0n) is 16.6. The van der Waals surface area contributed by atoms with E-state index in [9.17, 15) is 4.79 Å². The number of fused-ring (bicyclic) bond motifs is 3. The average molecular weight is 377 g/mol. The van der Waals surface area contributed by atoms with Crippen molar-refractivity contribution in [2.75, 3.05) is 5.32 Å². The first-order valence-electron chi connectivity index (χ1n) is 9.29. The number of anilines is 1. The molecule has 0 aliphatic carbocycles. The van der Waals surface area contributed by atoms with E-state index in [1.165, 1.54) is 0 Å². The summed E-state index contributed by atoms with van der Waals surface area (Å²) in [5.74, 6) is -1.93. The van der Waals surface area contributed by atoms with Gasteiger partial charge < -0.3 is 29.0 Å². The van der Waals surface area contributed by atoms with Gasteiger partial charge in [-0.15, -0.1) is 0 Å². The molecular formula is C20H27NO6. The maximum atomic E-state index is 13.1. The minimum absolute atomic E-state index is 0.285. The van der Waals surface area contributed by atoms with Crippen LogP contribution >= 0.6 is 0 Å². The smallest absolute Gasteiger partial charge is 0.256 e. The van der Waals surface area contributed by atoms with Crippen molar-refractivity contribution >= 4 is 11.6 Å². The summed E-state index contributed by atoms with van der Waals surface area (Å²) in [4.78, 5) is 13.1. The summed E-state index contributed by atoms with van der Waals surface area (Å²) in [6, 6.07) is 5.91. The Balaban J connectivity index is 1.60. The molecule has 0 radical (unpaired) electrons. The number of aryl methyl sites for hydroxylation is 2. The number of ether oxygens (including phenoxy) is 5. The van der Waals surface area contributed by atoms with Crippen molar-refractivity contribution in [2.45, 2.75) is 83.8 Å². The van der Waals surface area contributed by atoms with E-state index in [1.54, 1.807) is 0 Å². The van der Waals surface area contributed by atoms with Gasteiger partial charge in [0.05, 0.1) is 0 Å². The molecule has 3 aliphatic heterocycles. The lowest BCUT2D eigenvalue weighted by atomic mass is 9.98. The molecule has 7 heteroatoms. The van der Waals surface area contributed by atoms with E-state index in [0.29, 0.717) is 0 Å². The van der Waals surface area contributed by atoms with Gasteiger partial charge in [-0.2, -0.15) is 0 Å². The molecule has 1 aromatic rings. The molecule has 3 aliphatic rings. The number of nitrogens with one attached hydrogen (secondary N) is 1. The van der Waals surface area contributed by atoms with Crippen LogP contribution in [0.1, 0.15) is 38.8 Å². The van der Waals surface area contributed by atoms with E-state index in [0.717, 1.165) is 16.8 Å². The third kappa shape index (κ3) is 3.50. The van der Waals surface area contributed by atoms with Crippen molar-refractivity contribution in [3.05, 3.63) is 29.3 Å². The Morgan fingerprint density at radius 2 is 1.56 bits per heavy atom. The molecule has 3 saturated heterocycles. The number of carbonyl (C=O) groups excluding carboxylic acids is 1. The number of hydrogen-bond donors (Lipinski definition) is 1. The Bertz CT molecular complexity index is 761. The topological polar surface area (TPSA) is 75.3 Å². The van der Waals surface area contributed by atoms with Crippen molar-refractivity contribution in [1.29, 1.82) is 0 Å². The zero-order chi connectivity index (χ0) is 19.6. The molecule has 1 aromatic carbocycles. The van der Waals surface area contributed by atoms with Crippen LogP contribution in [0.15, 0.2) is 18.2 Å². The summed E-state index contributed by atoms with van der Waals surface area (Å²) in [6.45, 7) is 11.2. The minimum atomic E-state index is -0.865. The van der Waals surface area contributed by atoms with E-state index >= 15 is 0 Å². The predicted octanol–water partition coefficient (Wildman–Crippen LogP) is 2.64. The van der Waals surface area contributed by atoms with Crippen LogP contribution in [0.3, 0.4) is 0 Å². The Morgan fingerprint density at radius 1 is 0.926 bits per heavy atom. The van der Waals surface area contributed by atoms with Crippen molar-refractivity contribution in [3.63, 3.8) is 0 Å². The molecule has 0 unspecified atom stereocenters. The largest absolute Gasteiger partial charge is 0.342 e. The highest BCUT2D eigenvalue weighted by molar-refractivity contribution is 5.95. The van der Waals surface area contributed by atoms with Gasteiger partial charge in [0.2, 0.25) is 0 Å². The van der Waals surface area contributed by atoms with Crippen LogP contribution < -0.4 is 5.32 Å². The lowest BCUT2D eigenvalue weighted by Crippen LogP contribution is -2.58. The van der Waals surface area contributed by atoms with Crippen LogP contribution in [-0.4, -0.2) is 48.2 Å². The molecule has 3 fully saturated rings. The fourth-order valence-corrected chi connectivity index (χ4v) is 3.90. The molecule has 0 spiro atoms. The first kappa shape index (κ1) is 18.8. The van der Waals surface area contributed by atoms with Gasteiger partial charge in [0.15, 0.2) is 24.0 Å². The predicted molar refractivity (Wildman–Crippen MR) is 97.1 cm³/mol.